The van der Waals surface area contributed by atoms with Crippen LogP contribution >= 0.6 is 34.8 Å². The highest BCUT2D eigenvalue weighted by molar-refractivity contribution is 6.42. The lowest BCUT2D eigenvalue weighted by molar-refractivity contribution is -0.111. The highest BCUT2D eigenvalue weighted by Gasteiger charge is 2.16. The van der Waals surface area contributed by atoms with Gasteiger partial charge in [-0.05, 0) is 19.1 Å². The SMILES string of the molecule is C=C(C(=O)Nc1c(Cl)cc(Cl)cc1Cl)n1cc(-c2ccc(C)cc2)nn1. The van der Waals surface area contributed by atoms with Crippen LogP contribution in [0.25, 0.3) is 17.0 Å². The van der Waals surface area contributed by atoms with Crippen molar-refractivity contribution in [2.45, 2.75) is 6.92 Å². The molecule has 1 N–H and O–H groups in total. The number of amides is 1. The monoisotopic (exact) mass is 406 g/mol. The van der Waals surface area contributed by atoms with E-state index >= 15 is 0 Å². The van der Waals surface area contributed by atoms with Crippen molar-refractivity contribution in [1.82, 2.24) is 15.0 Å². The van der Waals surface area contributed by atoms with Crippen molar-refractivity contribution in [2.75, 3.05) is 5.32 Å². The maximum absolute atomic E-state index is 12.4. The van der Waals surface area contributed by atoms with Gasteiger partial charge in [0.05, 0.1) is 21.9 Å². The van der Waals surface area contributed by atoms with Crippen molar-refractivity contribution in [1.29, 1.82) is 0 Å². The summed E-state index contributed by atoms with van der Waals surface area (Å²) in [5, 5.41) is 11.5. The van der Waals surface area contributed by atoms with Crippen molar-refractivity contribution >= 4 is 52.1 Å². The van der Waals surface area contributed by atoms with Gasteiger partial charge in [-0.15, -0.1) is 5.10 Å². The number of hydrogen-bond donors (Lipinski definition) is 1. The molecular formula is C18H13Cl3N4O. The normalized spacial score (nSPS) is 10.6. The quantitative estimate of drug-likeness (QED) is 0.595. The summed E-state index contributed by atoms with van der Waals surface area (Å²) in [5.74, 6) is -0.517. The van der Waals surface area contributed by atoms with Gasteiger partial charge in [-0.25, -0.2) is 4.68 Å². The van der Waals surface area contributed by atoms with Gasteiger partial charge in [0.15, 0.2) is 0 Å². The van der Waals surface area contributed by atoms with Crippen LogP contribution in [-0.2, 0) is 4.79 Å². The van der Waals surface area contributed by atoms with E-state index in [1.165, 1.54) is 16.8 Å². The van der Waals surface area contributed by atoms with Crippen LogP contribution in [0, 0.1) is 6.92 Å². The second-order valence-corrected chi connectivity index (χ2v) is 6.81. The van der Waals surface area contributed by atoms with Gasteiger partial charge in [0.2, 0.25) is 0 Å². The van der Waals surface area contributed by atoms with Gasteiger partial charge in [0.1, 0.15) is 11.4 Å². The molecule has 1 aromatic heterocycles. The zero-order chi connectivity index (χ0) is 18.8. The van der Waals surface area contributed by atoms with Gasteiger partial charge in [-0.1, -0.05) is 76.4 Å². The van der Waals surface area contributed by atoms with E-state index in [4.69, 9.17) is 34.8 Å². The van der Waals surface area contributed by atoms with Crippen LogP contribution in [0.15, 0.2) is 49.2 Å². The summed E-state index contributed by atoms with van der Waals surface area (Å²) in [6.07, 6.45) is 1.62. The molecule has 0 bridgehead atoms. The molecule has 3 aromatic rings. The highest BCUT2D eigenvalue weighted by Crippen LogP contribution is 2.34. The molecular weight excluding hydrogens is 395 g/mol. The lowest BCUT2D eigenvalue weighted by Crippen LogP contribution is -2.17. The van der Waals surface area contributed by atoms with Crippen LogP contribution in [0.3, 0.4) is 0 Å². The molecule has 0 fully saturated rings. The van der Waals surface area contributed by atoms with Gasteiger partial charge in [0.25, 0.3) is 5.91 Å². The number of carbonyl (C=O) groups excluding carboxylic acids is 1. The molecule has 0 saturated carbocycles. The summed E-state index contributed by atoms with van der Waals surface area (Å²) in [6.45, 7) is 5.76. The molecule has 1 amide bonds. The van der Waals surface area contributed by atoms with Gasteiger partial charge in [-0.2, -0.15) is 0 Å². The number of anilines is 1. The summed E-state index contributed by atoms with van der Waals surface area (Å²) in [5.41, 5.74) is 2.97. The lowest BCUT2D eigenvalue weighted by atomic mass is 10.1. The smallest absolute Gasteiger partial charge is 0.273 e. The van der Waals surface area contributed by atoms with Crippen molar-refractivity contribution in [3.63, 3.8) is 0 Å². The first-order chi connectivity index (χ1) is 12.3. The van der Waals surface area contributed by atoms with Gasteiger partial charge in [0, 0.05) is 10.6 Å². The number of aryl methyl sites for hydroxylation is 1. The Hall–Kier alpha value is -2.34. The van der Waals surface area contributed by atoms with Crippen LogP contribution < -0.4 is 5.32 Å². The van der Waals surface area contributed by atoms with E-state index in [1.54, 1.807) is 6.20 Å². The summed E-state index contributed by atoms with van der Waals surface area (Å²) in [6, 6.07) is 10.8. The maximum atomic E-state index is 12.4. The van der Waals surface area contributed by atoms with E-state index in [9.17, 15) is 4.79 Å². The van der Waals surface area contributed by atoms with Crippen LogP contribution in [0.2, 0.25) is 15.1 Å². The summed E-state index contributed by atoms with van der Waals surface area (Å²) in [7, 11) is 0. The molecule has 0 aliphatic rings. The Kier molecular flexibility index (Phi) is 5.32. The van der Waals surface area contributed by atoms with E-state index in [1.807, 2.05) is 31.2 Å². The molecule has 2 aromatic carbocycles. The average molecular weight is 408 g/mol. The van der Waals surface area contributed by atoms with E-state index in [0.29, 0.717) is 10.7 Å². The second-order valence-electron chi connectivity index (χ2n) is 5.56. The van der Waals surface area contributed by atoms with Crippen molar-refractivity contribution in [2.24, 2.45) is 0 Å². The van der Waals surface area contributed by atoms with Crippen LogP contribution in [0.5, 0.6) is 0 Å². The topological polar surface area (TPSA) is 59.8 Å². The summed E-state index contributed by atoms with van der Waals surface area (Å²) < 4.78 is 1.29. The van der Waals surface area contributed by atoms with Gasteiger partial charge >= 0.3 is 0 Å². The molecule has 132 valence electrons. The van der Waals surface area contributed by atoms with Crippen molar-refractivity contribution in [3.05, 3.63) is 69.8 Å². The molecule has 3 rings (SSSR count). The molecule has 0 spiro atoms. The minimum absolute atomic E-state index is 0.0675. The number of halogens is 3. The molecule has 5 nitrogen and oxygen atoms in total. The Morgan fingerprint density at radius 2 is 1.73 bits per heavy atom. The molecule has 26 heavy (non-hydrogen) atoms. The third-order valence-corrected chi connectivity index (χ3v) is 4.44. The first kappa shape index (κ1) is 18.5. The van der Waals surface area contributed by atoms with Crippen LogP contribution in [0.1, 0.15) is 5.56 Å². The number of benzene rings is 2. The predicted molar refractivity (Wildman–Crippen MR) is 106 cm³/mol. The predicted octanol–water partition coefficient (Wildman–Crippen LogP) is 5.32. The number of nitrogens with zero attached hydrogens (tertiary/aromatic N) is 3. The maximum Gasteiger partial charge on any atom is 0.273 e. The number of aromatic nitrogens is 3. The van der Waals surface area contributed by atoms with Crippen molar-refractivity contribution < 1.29 is 4.79 Å². The van der Waals surface area contributed by atoms with E-state index in [2.05, 4.69) is 22.2 Å². The lowest BCUT2D eigenvalue weighted by Gasteiger charge is -2.10. The van der Waals surface area contributed by atoms with E-state index in [0.717, 1.165) is 11.1 Å². The van der Waals surface area contributed by atoms with Gasteiger partial charge in [-0.3, -0.25) is 4.79 Å². The first-order valence-corrected chi connectivity index (χ1v) is 8.63. The summed E-state index contributed by atoms with van der Waals surface area (Å²) >= 11 is 18.0. The van der Waals surface area contributed by atoms with Crippen LogP contribution in [-0.4, -0.2) is 20.9 Å². The highest BCUT2D eigenvalue weighted by atomic mass is 35.5. The number of carbonyl (C=O) groups is 1. The fourth-order valence-electron chi connectivity index (χ4n) is 2.20. The van der Waals surface area contributed by atoms with Crippen LogP contribution in [0.4, 0.5) is 5.69 Å². The molecule has 0 saturated heterocycles. The first-order valence-electron chi connectivity index (χ1n) is 7.49. The number of rotatable bonds is 4. The van der Waals surface area contributed by atoms with E-state index in [-0.39, 0.29) is 21.4 Å². The molecule has 1 heterocycles. The third-order valence-electron chi connectivity index (χ3n) is 3.62. The fourth-order valence-corrected chi connectivity index (χ4v) is 3.12. The Morgan fingerprint density at radius 3 is 2.35 bits per heavy atom. The summed E-state index contributed by atoms with van der Waals surface area (Å²) in [4.78, 5) is 12.4. The Morgan fingerprint density at radius 1 is 1.12 bits per heavy atom. The molecule has 0 atom stereocenters. The number of nitrogens with one attached hydrogen (secondary N) is 1. The zero-order valence-corrected chi connectivity index (χ0v) is 15.9. The Labute approximate surface area is 165 Å². The van der Waals surface area contributed by atoms with E-state index < -0.39 is 5.91 Å². The standard InChI is InChI=1S/C18H13Cl3N4O/c1-10-3-5-12(6-4-10)16-9-25(24-23-16)11(2)18(26)22-17-14(20)7-13(19)8-15(17)21/h3-9H,2H2,1H3,(H,22,26). The average Bonchev–Trinajstić information content (AvgIpc) is 3.07. The minimum Gasteiger partial charge on any atom is -0.318 e. The second kappa shape index (κ2) is 7.50. The van der Waals surface area contributed by atoms with Crippen molar-refractivity contribution in [3.8, 4) is 11.3 Å². The molecule has 0 unspecified atom stereocenters. The Balaban J connectivity index is 1.79. The third kappa shape index (κ3) is 3.90. The van der Waals surface area contributed by atoms with Gasteiger partial charge < -0.3 is 5.32 Å². The number of hydrogen-bond acceptors (Lipinski definition) is 3. The molecule has 0 aliphatic carbocycles. The molecule has 0 aliphatic heterocycles. The zero-order valence-electron chi connectivity index (χ0n) is 13.6. The Bertz CT molecular complexity index is 973. The minimum atomic E-state index is -0.517. The largest absolute Gasteiger partial charge is 0.318 e. The fraction of sp³-hybridized carbons (Fsp3) is 0.0556. The molecule has 0 radical (unpaired) electrons. The molecule has 8 heteroatoms.